The molecule has 106 valence electrons. The van der Waals surface area contributed by atoms with Crippen LogP contribution in [0, 0.1) is 12.3 Å². The zero-order chi connectivity index (χ0) is 14.8. The lowest BCUT2D eigenvalue weighted by Gasteiger charge is -2.34. The highest BCUT2D eigenvalue weighted by Crippen LogP contribution is 2.27. The summed E-state index contributed by atoms with van der Waals surface area (Å²) in [6.45, 7) is 6.56. The van der Waals surface area contributed by atoms with Crippen molar-refractivity contribution in [2.75, 3.05) is 0 Å². The molecule has 3 heteroatoms. The van der Waals surface area contributed by atoms with Crippen molar-refractivity contribution < 1.29 is 9.53 Å². The Morgan fingerprint density at radius 2 is 1.95 bits per heavy atom. The van der Waals surface area contributed by atoms with E-state index >= 15 is 0 Å². The molecule has 1 aromatic carbocycles. The van der Waals surface area contributed by atoms with E-state index in [-0.39, 0.29) is 17.7 Å². The van der Waals surface area contributed by atoms with Gasteiger partial charge in [0.2, 0.25) is 0 Å². The minimum absolute atomic E-state index is 0.121. The maximum absolute atomic E-state index is 12.2. The molecule has 1 fully saturated rings. The maximum Gasteiger partial charge on any atom is 0.410 e. The highest BCUT2D eigenvalue weighted by Gasteiger charge is 2.33. The van der Waals surface area contributed by atoms with Gasteiger partial charge in [-0.3, -0.25) is 4.90 Å². The highest BCUT2D eigenvalue weighted by molar-refractivity contribution is 5.69. The van der Waals surface area contributed by atoms with Crippen LogP contribution in [0.15, 0.2) is 24.3 Å². The van der Waals surface area contributed by atoms with E-state index in [1.165, 1.54) is 0 Å². The van der Waals surface area contributed by atoms with Gasteiger partial charge in [-0.1, -0.05) is 18.1 Å². The van der Waals surface area contributed by atoms with E-state index in [1.54, 1.807) is 4.90 Å². The van der Waals surface area contributed by atoms with E-state index in [0.717, 1.165) is 24.0 Å². The molecule has 1 amide bonds. The van der Waals surface area contributed by atoms with Gasteiger partial charge in [0.1, 0.15) is 6.10 Å². The minimum atomic E-state index is -0.281. The van der Waals surface area contributed by atoms with E-state index in [1.807, 2.05) is 45.0 Å². The van der Waals surface area contributed by atoms with Gasteiger partial charge in [0.05, 0.1) is 0 Å². The molecule has 0 N–H and O–H groups in total. The second-order valence-corrected chi connectivity index (χ2v) is 6.18. The van der Waals surface area contributed by atoms with Crippen LogP contribution in [-0.2, 0) is 11.3 Å². The van der Waals surface area contributed by atoms with Gasteiger partial charge in [0, 0.05) is 17.6 Å². The first kappa shape index (κ1) is 14.5. The molecule has 20 heavy (non-hydrogen) atoms. The van der Waals surface area contributed by atoms with Crippen LogP contribution >= 0.6 is 0 Å². The number of hydrogen-bond acceptors (Lipinski definition) is 2. The number of rotatable bonds is 3. The van der Waals surface area contributed by atoms with Gasteiger partial charge in [-0.2, -0.15) is 0 Å². The number of ether oxygens (including phenoxy) is 1. The third-order valence-electron chi connectivity index (χ3n) is 3.28. The molecule has 0 radical (unpaired) electrons. The predicted octanol–water partition coefficient (Wildman–Crippen LogP) is 3.57. The molecule has 3 nitrogen and oxygen atoms in total. The summed E-state index contributed by atoms with van der Waals surface area (Å²) >= 11 is 0. The number of nitrogens with zero attached hydrogens (tertiary/aromatic N) is 1. The summed E-state index contributed by atoms with van der Waals surface area (Å²) in [5.74, 6) is 2.59. The van der Waals surface area contributed by atoms with Gasteiger partial charge in [0.15, 0.2) is 0 Å². The number of hydrogen-bond donors (Lipinski definition) is 0. The fourth-order valence-corrected chi connectivity index (χ4v) is 1.86. The Hall–Kier alpha value is -1.95. The van der Waals surface area contributed by atoms with Crippen molar-refractivity contribution in [3.05, 3.63) is 35.4 Å². The van der Waals surface area contributed by atoms with Crippen molar-refractivity contribution >= 4 is 6.09 Å². The van der Waals surface area contributed by atoms with E-state index in [2.05, 4.69) is 5.92 Å². The van der Waals surface area contributed by atoms with Crippen molar-refractivity contribution in [3.63, 3.8) is 0 Å². The Labute approximate surface area is 120 Å². The summed E-state index contributed by atoms with van der Waals surface area (Å²) in [5, 5.41) is 0. The fourth-order valence-electron chi connectivity index (χ4n) is 1.86. The van der Waals surface area contributed by atoms with E-state index in [0.29, 0.717) is 6.54 Å². The maximum atomic E-state index is 12.2. The number of amides is 1. The van der Waals surface area contributed by atoms with E-state index in [4.69, 9.17) is 11.2 Å². The van der Waals surface area contributed by atoms with Crippen molar-refractivity contribution in [3.8, 4) is 12.3 Å². The third-order valence-corrected chi connectivity index (χ3v) is 3.28. The van der Waals surface area contributed by atoms with Crippen molar-refractivity contribution in [1.29, 1.82) is 0 Å². The molecule has 0 atom stereocenters. The van der Waals surface area contributed by atoms with Crippen molar-refractivity contribution in [2.45, 2.75) is 51.8 Å². The van der Waals surface area contributed by atoms with Gasteiger partial charge in [-0.25, -0.2) is 4.79 Å². The Kier molecular flexibility index (Phi) is 4.04. The minimum Gasteiger partial charge on any atom is -0.446 e. The number of carbonyl (C=O) groups is 1. The molecule has 1 aliphatic carbocycles. The lowest BCUT2D eigenvalue weighted by Crippen LogP contribution is -2.45. The lowest BCUT2D eigenvalue weighted by molar-refractivity contribution is 0.0587. The smallest absolute Gasteiger partial charge is 0.410 e. The normalized spacial score (nSPS) is 14.5. The average molecular weight is 271 g/mol. The summed E-state index contributed by atoms with van der Waals surface area (Å²) in [5.41, 5.74) is 1.61. The molecule has 0 saturated heterocycles. The van der Waals surface area contributed by atoms with E-state index in [9.17, 15) is 4.79 Å². The molecule has 0 aromatic heterocycles. The molecular weight excluding hydrogens is 250 g/mol. The van der Waals surface area contributed by atoms with Crippen LogP contribution in [0.4, 0.5) is 4.79 Å². The molecule has 1 aliphatic rings. The van der Waals surface area contributed by atoms with Crippen molar-refractivity contribution in [2.24, 2.45) is 0 Å². The van der Waals surface area contributed by atoms with Gasteiger partial charge in [-0.05, 0) is 51.3 Å². The van der Waals surface area contributed by atoms with Crippen LogP contribution in [0.2, 0.25) is 0 Å². The van der Waals surface area contributed by atoms with Crippen LogP contribution in [0.5, 0.6) is 0 Å². The predicted molar refractivity (Wildman–Crippen MR) is 79.2 cm³/mol. The fraction of sp³-hybridized carbons (Fsp3) is 0.471. The second kappa shape index (κ2) is 5.58. The first-order chi connectivity index (χ1) is 9.40. The van der Waals surface area contributed by atoms with Crippen LogP contribution in [0.1, 0.15) is 44.7 Å². The van der Waals surface area contributed by atoms with E-state index < -0.39 is 0 Å². The number of carbonyl (C=O) groups excluding carboxylic acids is 1. The van der Waals surface area contributed by atoms with Crippen LogP contribution in [0.3, 0.4) is 0 Å². The Balaban J connectivity index is 2.10. The molecule has 1 aromatic rings. The summed E-state index contributed by atoms with van der Waals surface area (Å²) in [4.78, 5) is 14.0. The van der Waals surface area contributed by atoms with Gasteiger partial charge < -0.3 is 4.74 Å². The molecule has 0 bridgehead atoms. The summed E-state index contributed by atoms with van der Waals surface area (Å²) < 4.78 is 5.42. The molecular formula is C17H21NO2. The van der Waals surface area contributed by atoms with Gasteiger partial charge in [0.25, 0.3) is 0 Å². The summed E-state index contributed by atoms with van der Waals surface area (Å²) in [7, 11) is 0. The van der Waals surface area contributed by atoms with Crippen molar-refractivity contribution in [1.82, 2.24) is 4.90 Å². The molecule has 0 spiro atoms. The largest absolute Gasteiger partial charge is 0.446 e. The lowest BCUT2D eigenvalue weighted by atomic mass is 10.0. The quantitative estimate of drug-likeness (QED) is 0.787. The molecule has 0 heterocycles. The summed E-state index contributed by atoms with van der Waals surface area (Å²) in [6, 6.07) is 7.70. The van der Waals surface area contributed by atoms with Gasteiger partial charge >= 0.3 is 6.09 Å². The first-order valence-electron chi connectivity index (χ1n) is 6.94. The topological polar surface area (TPSA) is 29.5 Å². The second-order valence-electron chi connectivity index (χ2n) is 6.18. The Bertz CT molecular complexity index is 515. The van der Waals surface area contributed by atoms with Crippen LogP contribution in [0.25, 0.3) is 0 Å². The zero-order valence-electron chi connectivity index (χ0n) is 12.3. The zero-order valence-corrected chi connectivity index (χ0v) is 12.3. The third kappa shape index (κ3) is 3.77. The average Bonchev–Trinajstić information content (AvgIpc) is 3.19. The van der Waals surface area contributed by atoms with Crippen LogP contribution < -0.4 is 0 Å². The summed E-state index contributed by atoms with van der Waals surface area (Å²) in [6.07, 6.45) is 7.21. The van der Waals surface area contributed by atoms with Gasteiger partial charge in [-0.15, -0.1) is 6.42 Å². The number of terminal acetylenes is 1. The molecule has 0 unspecified atom stereocenters. The molecule has 0 aliphatic heterocycles. The van der Waals surface area contributed by atoms with Crippen LogP contribution in [-0.4, -0.2) is 22.6 Å². The Morgan fingerprint density at radius 1 is 1.35 bits per heavy atom. The highest BCUT2D eigenvalue weighted by atomic mass is 16.6. The molecule has 1 saturated carbocycles. The number of benzene rings is 1. The standard InChI is InChI=1S/C17H21NO2/c1-5-13-6-8-14(9-7-13)12-18(17(2,3)4)16(19)20-15-10-11-15/h1,6-9,15H,10-12H2,2-4H3. The SMILES string of the molecule is C#Cc1ccc(CN(C(=O)OC2CC2)C(C)(C)C)cc1. The molecule has 2 rings (SSSR count). The monoisotopic (exact) mass is 271 g/mol. The Morgan fingerprint density at radius 3 is 2.40 bits per heavy atom. The first-order valence-corrected chi connectivity index (χ1v) is 6.94.